The smallest absolute Gasteiger partial charge is 0.173 e. The van der Waals surface area contributed by atoms with Gasteiger partial charge in [-0.25, -0.2) is 0 Å². The molecule has 4 aliphatic rings. The number of hydrogen-bond donors (Lipinski definition) is 1. The van der Waals surface area contributed by atoms with E-state index in [1.807, 2.05) is 30.3 Å². The van der Waals surface area contributed by atoms with Gasteiger partial charge in [0.05, 0.1) is 5.92 Å². The molecular weight excluding hydrogens is 372 g/mol. The molecule has 4 aliphatic carbocycles. The van der Waals surface area contributed by atoms with Gasteiger partial charge in [0.15, 0.2) is 5.78 Å². The number of ketones is 2. The van der Waals surface area contributed by atoms with Crippen molar-refractivity contribution in [2.75, 3.05) is 6.61 Å². The molecule has 0 heterocycles. The second kappa shape index (κ2) is 7.29. The van der Waals surface area contributed by atoms with Gasteiger partial charge in [0.25, 0.3) is 0 Å². The molecule has 0 aromatic heterocycles. The molecule has 4 fully saturated rings. The van der Waals surface area contributed by atoms with Crippen LogP contribution in [0, 0.1) is 46.3 Å². The first-order chi connectivity index (χ1) is 14.4. The molecule has 1 aromatic carbocycles. The van der Waals surface area contributed by atoms with Crippen molar-refractivity contribution in [1.82, 2.24) is 0 Å². The van der Waals surface area contributed by atoms with Crippen LogP contribution in [0.1, 0.15) is 75.6 Å². The van der Waals surface area contributed by atoms with Crippen LogP contribution in [0.15, 0.2) is 30.3 Å². The minimum absolute atomic E-state index is 0.0526. The van der Waals surface area contributed by atoms with Crippen LogP contribution in [0.3, 0.4) is 0 Å². The lowest BCUT2D eigenvalue weighted by molar-refractivity contribution is -0.147. The predicted octanol–water partition coefficient (Wildman–Crippen LogP) is 5.32. The summed E-state index contributed by atoms with van der Waals surface area (Å²) < 4.78 is 0. The molecule has 30 heavy (non-hydrogen) atoms. The lowest BCUT2D eigenvalue weighted by atomic mass is 9.43. The molecule has 4 saturated carbocycles. The summed E-state index contributed by atoms with van der Waals surface area (Å²) in [5.74, 6) is 2.43. The first kappa shape index (κ1) is 20.4. The normalized spacial score (nSPS) is 45.4. The molecule has 0 bridgehead atoms. The Kier molecular flexibility index (Phi) is 4.96. The number of fused-ring (bicyclic) bond motifs is 5. The van der Waals surface area contributed by atoms with Gasteiger partial charge in [-0.15, -0.1) is 0 Å². The molecule has 0 amide bonds. The number of hydrogen-bond acceptors (Lipinski definition) is 3. The maximum atomic E-state index is 13.4. The van der Waals surface area contributed by atoms with E-state index >= 15 is 0 Å². The second-order valence-corrected chi connectivity index (χ2v) is 11.2. The molecule has 1 aromatic rings. The fourth-order valence-electron chi connectivity index (χ4n) is 8.70. The Morgan fingerprint density at radius 2 is 1.63 bits per heavy atom. The number of aliphatic hydroxyl groups is 1. The Morgan fingerprint density at radius 3 is 2.37 bits per heavy atom. The lowest BCUT2D eigenvalue weighted by Crippen LogP contribution is -2.57. The Balaban J connectivity index is 1.45. The molecule has 3 heteroatoms. The highest BCUT2D eigenvalue weighted by Gasteiger charge is 2.62. The van der Waals surface area contributed by atoms with Crippen LogP contribution in [0.4, 0.5) is 0 Å². The third-order valence-electron chi connectivity index (χ3n) is 10.4. The van der Waals surface area contributed by atoms with Crippen LogP contribution in [0.5, 0.6) is 0 Å². The van der Waals surface area contributed by atoms with Gasteiger partial charge < -0.3 is 5.11 Å². The van der Waals surface area contributed by atoms with Gasteiger partial charge in [-0.2, -0.15) is 0 Å². The van der Waals surface area contributed by atoms with Gasteiger partial charge >= 0.3 is 0 Å². The lowest BCUT2D eigenvalue weighted by Gasteiger charge is -2.61. The Bertz CT molecular complexity index is 832. The van der Waals surface area contributed by atoms with E-state index in [0.717, 1.165) is 25.7 Å². The summed E-state index contributed by atoms with van der Waals surface area (Å²) >= 11 is 0. The predicted molar refractivity (Wildman–Crippen MR) is 117 cm³/mol. The highest BCUT2D eigenvalue weighted by molar-refractivity contribution is 6.11. The number of benzene rings is 1. The van der Waals surface area contributed by atoms with Crippen molar-refractivity contribution >= 4 is 11.6 Å². The zero-order chi connectivity index (χ0) is 21.1. The molecule has 162 valence electrons. The number of carbonyl (C=O) groups is 2. The minimum Gasteiger partial charge on any atom is -0.396 e. The van der Waals surface area contributed by atoms with Crippen molar-refractivity contribution in [3.63, 3.8) is 0 Å². The first-order valence-electron chi connectivity index (χ1n) is 12.1. The first-order valence-corrected chi connectivity index (χ1v) is 12.1. The Hall–Kier alpha value is -1.48. The van der Waals surface area contributed by atoms with Gasteiger partial charge in [-0.3, -0.25) is 9.59 Å². The maximum absolute atomic E-state index is 13.4. The van der Waals surface area contributed by atoms with E-state index in [-0.39, 0.29) is 28.3 Å². The molecule has 1 unspecified atom stereocenters. The van der Waals surface area contributed by atoms with Gasteiger partial charge in [0.1, 0.15) is 5.78 Å². The number of aliphatic hydroxyl groups excluding tert-OH is 1. The van der Waals surface area contributed by atoms with Crippen molar-refractivity contribution in [3.05, 3.63) is 35.9 Å². The van der Waals surface area contributed by atoms with E-state index in [2.05, 4.69) is 13.8 Å². The summed E-state index contributed by atoms with van der Waals surface area (Å²) in [6.07, 6.45) is 8.45. The summed E-state index contributed by atoms with van der Waals surface area (Å²) in [6, 6.07) is 9.46. The van der Waals surface area contributed by atoms with Crippen LogP contribution in [0.25, 0.3) is 0 Å². The molecule has 0 saturated heterocycles. The third-order valence-corrected chi connectivity index (χ3v) is 10.4. The summed E-state index contributed by atoms with van der Waals surface area (Å²) in [5, 5.41) is 9.96. The van der Waals surface area contributed by atoms with Crippen LogP contribution < -0.4 is 0 Å². The van der Waals surface area contributed by atoms with Gasteiger partial charge in [-0.05, 0) is 85.4 Å². The number of carbonyl (C=O) groups excluding carboxylic acids is 2. The van der Waals surface area contributed by atoms with Gasteiger partial charge in [0.2, 0.25) is 0 Å². The van der Waals surface area contributed by atoms with Crippen molar-refractivity contribution in [3.8, 4) is 0 Å². The van der Waals surface area contributed by atoms with E-state index in [1.165, 1.54) is 19.3 Å². The monoisotopic (exact) mass is 408 g/mol. The fraction of sp³-hybridized carbons (Fsp3) is 0.704. The topological polar surface area (TPSA) is 54.4 Å². The van der Waals surface area contributed by atoms with Crippen molar-refractivity contribution in [2.45, 2.75) is 65.2 Å². The SMILES string of the molecule is C[C@]12CCC(=O)C(C(=O)c3ccccc3)[C@@H]1CC[C@@H]1[C@@H]2CC[C@]2(C)[C@@H](CO)CC[C@@H]12. The maximum Gasteiger partial charge on any atom is 0.173 e. The van der Waals surface area contributed by atoms with Crippen LogP contribution in [-0.2, 0) is 4.79 Å². The van der Waals surface area contributed by atoms with E-state index < -0.39 is 5.92 Å². The van der Waals surface area contributed by atoms with Crippen molar-refractivity contribution < 1.29 is 14.7 Å². The van der Waals surface area contributed by atoms with E-state index in [0.29, 0.717) is 42.3 Å². The standard InChI is InChI=1S/C27H36O3/c1-26-14-12-21-19(20(26)10-8-18(26)16-28)9-11-22-24(23(29)13-15-27(21,22)2)25(30)17-6-4-3-5-7-17/h3-7,18-22,24,28H,8-16H2,1-2H3/t18-,19+,20+,21+,22+,24?,26-,27-/m1/s1. The van der Waals surface area contributed by atoms with Gasteiger partial charge in [-0.1, -0.05) is 44.2 Å². The van der Waals surface area contributed by atoms with Crippen LogP contribution >= 0.6 is 0 Å². The zero-order valence-electron chi connectivity index (χ0n) is 18.5. The van der Waals surface area contributed by atoms with Crippen molar-refractivity contribution in [1.29, 1.82) is 0 Å². The summed E-state index contributed by atoms with van der Waals surface area (Å²) in [4.78, 5) is 26.5. The fourth-order valence-corrected chi connectivity index (χ4v) is 8.70. The quantitative estimate of drug-likeness (QED) is 0.544. The second-order valence-electron chi connectivity index (χ2n) is 11.2. The average molecular weight is 409 g/mol. The van der Waals surface area contributed by atoms with Crippen molar-refractivity contribution in [2.24, 2.45) is 46.3 Å². The molecule has 0 spiro atoms. The molecule has 3 nitrogen and oxygen atoms in total. The highest BCUT2D eigenvalue weighted by Crippen LogP contribution is 2.67. The minimum atomic E-state index is -0.450. The largest absolute Gasteiger partial charge is 0.396 e. The molecule has 0 radical (unpaired) electrons. The molecule has 1 N–H and O–H groups in total. The van der Waals surface area contributed by atoms with Crippen LogP contribution in [0.2, 0.25) is 0 Å². The summed E-state index contributed by atoms with van der Waals surface area (Å²) in [7, 11) is 0. The van der Waals surface area contributed by atoms with E-state index in [1.54, 1.807) is 0 Å². The van der Waals surface area contributed by atoms with Gasteiger partial charge in [0, 0.05) is 18.6 Å². The molecule has 0 aliphatic heterocycles. The third kappa shape index (κ3) is 2.80. The summed E-state index contributed by atoms with van der Waals surface area (Å²) in [6.45, 7) is 5.17. The van der Waals surface area contributed by atoms with E-state index in [4.69, 9.17) is 0 Å². The number of Topliss-reactive ketones (excluding diaryl/α,β-unsaturated/α-hetero) is 2. The summed E-state index contributed by atoms with van der Waals surface area (Å²) in [5.41, 5.74) is 1.06. The molecule has 8 atom stereocenters. The number of rotatable bonds is 3. The van der Waals surface area contributed by atoms with E-state index in [9.17, 15) is 14.7 Å². The zero-order valence-corrected chi connectivity index (χ0v) is 18.5. The highest BCUT2D eigenvalue weighted by atomic mass is 16.3. The molecular formula is C27H36O3. The molecule has 5 rings (SSSR count). The Labute approximate surface area is 180 Å². The van der Waals surface area contributed by atoms with Crippen LogP contribution in [-0.4, -0.2) is 23.3 Å². The Morgan fingerprint density at radius 1 is 0.933 bits per heavy atom. The average Bonchev–Trinajstić information content (AvgIpc) is 3.10.